The van der Waals surface area contributed by atoms with E-state index < -0.39 is 112 Å². The molecule has 0 fully saturated rings. The number of nitrogens with zero attached hydrogens (tertiary/aromatic N) is 2. The summed E-state index contributed by atoms with van der Waals surface area (Å²) in [5.41, 5.74) is -0.615. The maximum absolute atomic E-state index is 14.3. The lowest BCUT2D eigenvalue weighted by Crippen LogP contribution is -2.32. The highest BCUT2D eigenvalue weighted by Crippen LogP contribution is 2.54. The second kappa shape index (κ2) is 25.8. The van der Waals surface area contributed by atoms with Gasteiger partial charge in [0.1, 0.15) is 47.0 Å². The number of rotatable bonds is 28. The van der Waals surface area contributed by atoms with Gasteiger partial charge in [-0.15, -0.1) is 0 Å². The third kappa shape index (κ3) is 14.1. The number of unbranched alkanes of at least 4 members (excludes halogenated alkanes) is 2. The van der Waals surface area contributed by atoms with Crippen LogP contribution in [0.3, 0.4) is 0 Å². The Morgan fingerprint density at radius 1 is 0.614 bits per heavy atom. The summed E-state index contributed by atoms with van der Waals surface area (Å²) in [5, 5.41) is -0.501. The Morgan fingerprint density at radius 3 is 1.73 bits per heavy atom. The molecule has 0 aliphatic carbocycles. The summed E-state index contributed by atoms with van der Waals surface area (Å²) in [6, 6.07) is 8.31. The van der Waals surface area contributed by atoms with E-state index in [9.17, 15) is 74.2 Å². The van der Waals surface area contributed by atoms with E-state index in [1.807, 2.05) is 0 Å². The molecule has 0 radical (unpaired) electrons. The highest BCUT2D eigenvalue weighted by Gasteiger charge is 2.48. The van der Waals surface area contributed by atoms with E-state index >= 15 is 0 Å². The number of anilines is 1. The third-order valence-corrected chi connectivity index (χ3v) is 17.7. The Bertz CT molecular complexity index is 3890. The molecule has 1 unspecified atom stereocenters. The van der Waals surface area contributed by atoms with Crippen molar-refractivity contribution in [1.82, 2.24) is 0 Å². The van der Waals surface area contributed by atoms with Gasteiger partial charge in [-0.2, -0.15) is 13.4 Å². The van der Waals surface area contributed by atoms with Crippen LogP contribution in [-0.4, -0.2) is 148 Å². The van der Waals surface area contributed by atoms with E-state index in [4.69, 9.17) is 23.7 Å². The average Bonchev–Trinajstić information content (AvgIpc) is 2.21. The van der Waals surface area contributed by atoms with Crippen molar-refractivity contribution in [2.75, 3.05) is 85.1 Å². The molecule has 83 heavy (non-hydrogen) atoms. The van der Waals surface area contributed by atoms with Crippen LogP contribution in [-0.2, 0) is 79.8 Å². The topological polar surface area (TPSA) is 308 Å². The highest BCUT2D eigenvalue weighted by atomic mass is 32.2. The first-order chi connectivity index (χ1) is 38.9. The molecule has 2 aliphatic rings. The number of methoxy groups -OCH3 is 2. The Hall–Kier alpha value is -5.80. The van der Waals surface area contributed by atoms with Crippen LogP contribution in [0.4, 0.5) is 28.9 Å². The van der Waals surface area contributed by atoms with Crippen LogP contribution in [0.5, 0.6) is 5.75 Å². The zero-order valence-electron chi connectivity index (χ0n) is 45.3. The van der Waals surface area contributed by atoms with Gasteiger partial charge in [-0.05, 0) is 104 Å². The van der Waals surface area contributed by atoms with Gasteiger partial charge in [0.15, 0.2) is 17.3 Å². The lowest BCUT2D eigenvalue weighted by molar-refractivity contribution is -0.438. The number of ether oxygens (including phenoxy) is 6. The van der Waals surface area contributed by atoms with Gasteiger partial charge < -0.3 is 51.5 Å². The first kappa shape index (κ1) is 64.8. The van der Waals surface area contributed by atoms with Gasteiger partial charge in [0.2, 0.25) is 23.1 Å². The molecular weight excluding hydrogens is 1180 g/mol. The van der Waals surface area contributed by atoms with Gasteiger partial charge in [0.25, 0.3) is 0 Å². The summed E-state index contributed by atoms with van der Waals surface area (Å²) in [5.74, 6) is -10.2. The van der Waals surface area contributed by atoms with Gasteiger partial charge in [0.05, 0.1) is 71.2 Å². The lowest BCUT2D eigenvalue weighted by atomic mass is 9.76. The molecule has 0 bridgehead atoms. The van der Waals surface area contributed by atoms with E-state index in [1.165, 1.54) is 26.4 Å². The second-order valence-corrected chi connectivity index (χ2v) is 25.4. The molecule has 7 rings (SSSR count). The largest absolute Gasteiger partial charge is 0.744 e. The number of hydrogen-bond acceptors (Lipinski definition) is 20. The van der Waals surface area contributed by atoms with Crippen LogP contribution in [0.15, 0.2) is 98.1 Å². The van der Waals surface area contributed by atoms with E-state index in [1.54, 1.807) is 48.5 Å². The molecule has 0 saturated carbocycles. The summed E-state index contributed by atoms with van der Waals surface area (Å²) in [6.07, 6.45) is 4.96. The maximum atomic E-state index is 14.3. The Morgan fingerprint density at radius 2 is 1.16 bits per heavy atom. The summed E-state index contributed by atoms with van der Waals surface area (Å²) < 4.78 is 243. The summed E-state index contributed by atoms with van der Waals surface area (Å²) in [7, 11) is -18.3. The monoisotopic (exact) mass is 1240 g/mol. The van der Waals surface area contributed by atoms with Gasteiger partial charge in [-0.1, -0.05) is 12.1 Å². The van der Waals surface area contributed by atoms with Crippen LogP contribution >= 0.6 is 0 Å². The molecule has 5 aromatic carbocycles. The molecule has 2 aliphatic heterocycles. The van der Waals surface area contributed by atoms with Crippen LogP contribution in [0, 0.1) is 23.3 Å². The predicted octanol–water partition coefficient (Wildman–Crippen LogP) is 6.66. The smallest absolute Gasteiger partial charge is 0.311 e. The molecular formula is C54H57F4N2O19S4-3. The van der Waals surface area contributed by atoms with Crippen molar-refractivity contribution in [3.8, 4) is 5.75 Å². The van der Waals surface area contributed by atoms with E-state index in [0.717, 1.165) is 30.3 Å². The fourth-order valence-electron chi connectivity index (χ4n) is 10.5. The molecule has 29 heteroatoms. The van der Waals surface area contributed by atoms with Crippen LogP contribution in [0.25, 0.3) is 21.5 Å². The zero-order chi connectivity index (χ0) is 61.0. The third-order valence-electron chi connectivity index (χ3n) is 14.3. The number of carbonyl (C=O) groups excluding carboxylic acids is 1. The number of halogens is 4. The van der Waals surface area contributed by atoms with Crippen molar-refractivity contribution in [2.24, 2.45) is 0 Å². The quantitative estimate of drug-likeness (QED) is 0.00961. The minimum Gasteiger partial charge on any atom is -0.744 e. The van der Waals surface area contributed by atoms with Crippen molar-refractivity contribution in [3.63, 3.8) is 0 Å². The van der Waals surface area contributed by atoms with Gasteiger partial charge in [-0.3, -0.25) is 4.79 Å². The van der Waals surface area contributed by atoms with E-state index in [0.29, 0.717) is 48.5 Å². The van der Waals surface area contributed by atoms with Crippen molar-refractivity contribution >= 4 is 85.1 Å². The van der Waals surface area contributed by atoms with E-state index in [-0.39, 0.29) is 111 Å². The van der Waals surface area contributed by atoms with Crippen molar-refractivity contribution in [1.29, 1.82) is 0 Å². The lowest BCUT2D eigenvalue weighted by Gasteiger charge is -2.31. The molecule has 0 saturated heterocycles. The minimum absolute atomic E-state index is 0.00138. The summed E-state index contributed by atoms with van der Waals surface area (Å²) >= 11 is 0. The molecule has 2 heterocycles. The molecule has 5 aromatic rings. The average molecular weight is 1240 g/mol. The fraction of sp³-hybridized carbons (Fsp3) is 0.407. The Balaban J connectivity index is 1.34. The van der Waals surface area contributed by atoms with E-state index in [2.05, 4.69) is 4.74 Å². The number of allylic oxidation sites excluding steroid dienone is 4. The van der Waals surface area contributed by atoms with Crippen molar-refractivity contribution in [3.05, 3.63) is 113 Å². The second-order valence-electron chi connectivity index (χ2n) is 20.0. The molecule has 0 aromatic heterocycles. The van der Waals surface area contributed by atoms with Gasteiger partial charge in [-0.25, -0.2) is 42.5 Å². The van der Waals surface area contributed by atoms with Crippen LogP contribution in [0.2, 0.25) is 0 Å². The molecule has 0 amide bonds. The first-order valence-electron chi connectivity index (χ1n) is 25.5. The zero-order valence-corrected chi connectivity index (χ0v) is 48.6. The van der Waals surface area contributed by atoms with Crippen LogP contribution < -0.4 is 9.64 Å². The molecule has 0 spiro atoms. The van der Waals surface area contributed by atoms with Crippen LogP contribution in [0.1, 0.15) is 64.0 Å². The molecule has 21 nitrogen and oxygen atoms in total. The van der Waals surface area contributed by atoms with Gasteiger partial charge >= 0.3 is 5.97 Å². The van der Waals surface area contributed by atoms with Gasteiger partial charge in [0, 0.05) is 86.2 Å². The first-order valence-corrected chi connectivity index (χ1v) is 31.1. The molecule has 452 valence electrons. The Kier molecular flexibility index (Phi) is 20.1. The number of esters is 1. The molecule has 1 atom stereocenters. The predicted molar refractivity (Wildman–Crippen MR) is 286 cm³/mol. The SMILES string of the molecule is COCCOCCOCCOCCC1(C)C(=CC=CC2=[N+](CCCCCC(=O)Oc3c(F)c(F)cc(F)c3F)c3ccc4c(S(=O)(=O)[O-])cc(S(=O)(=O)[O-])cc4c3C2(C)C)N(CCOC)c2cc(S(=O)(=O)[O-])c3ccc(S(=O)(=O)[O-])cc3c21. The Labute approximate surface area is 477 Å². The number of fused-ring (bicyclic) bond motifs is 6. The summed E-state index contributed by atoms with van der Waals surface area (Å²) in [4.78, 5) is 10.9. The maximum Gasteiger partial charge on any atom is 0.311 e. The van der Waals surface area contributed by atoms with Crippen molar-refractivity contribution in [2.45, 2.75) is 83.3 Å². The number of benzene rings is 5. The fourth-order valence-corrected chi connectivity index (χ4v) is 13.0. The standard InChI is InChI=1S/C54H60F4N2O19S4/c1-53(2)45(59(18-8-6-7-12-47(61)79-52-50(57)39(55)31-40(56)51(52)58)41-16-15-36-37(48(41)53)29-34(81(65,66)67)30-43(36)82(68,69)70)10-9-11-46-54(3,17-20-76-24-25-78-27-26-77-23-22-75-5)49-38-28-33(80(62,63)64)13-14-35(38)44(83(71,72)73)32-42(49)60(46)19-21-74-4/h9-11,13-16,28-32H,6-8,12,17-27H2,1-5H3,(H3-,62,63,64,65,66,67,68,69,70,71,72,73)/p-3. The summed E-state index contributed by atoms with van der Waals surface area (Å²) in [6.45, 7) is 6.80. The minimum atomic E-state index is -5.42. The number of carbonyl (C=O) groups is 1. The highest BCUT2D eigenvalue weighted by molar-refractivity contribution is 7.87. The molecule has 0 N–H and O–H groups in total. The normalized spacial score (nSPS) is 17.0. The number of hydrogen-bond donors (Lipinski definition) is 0. The van der Waals surface area contributed by atoms with Crippen molar-refractivity contribution < 1.29 is 107 Å².